The monoisotopic (exact) mass is 212 g/mol. The minimum atomic E-state index is -0.00716. The smallest absolute Gasteiger partial charge is 0.129 e. The third kappa shape index (κ3) is 2.46. The fourth-order valence-corrected chi connectivity index (χ4v) is 1.54. The zero-order valence-electron chi connectivity index (χ0n) is 9.13. The van der Waals surface area contributed by atoms with E-state index in [9.17, 15) is 0 Å². The third-order valence-corrected chi connectivity index (χ3v) is 2.59. The number of nitrogens with two attached hydrogens (primary N) is 1. The van der Waals surface area contributed by atoms with Crippen molar-refractivity contribution in [3.63, 3.8) is 0 Å². The summed E-state index contributed by atoms with van der Waals surface area (Å²) < 4.78 is 0. The molecule has 1 aromatic heterocycles. The Labute approximate surface area is 90.5 Å². The lowest BCUT2D eigenvalue weighted by molar-refractivity contribution is 0.325. The molecule has 1 rings (SSSR count). The molecule has 0 aliphatic rings. The van der Waals surface area contributed by atoms with Crippen LogP contribution in [0, 0.1) is 12.3 Å². The van der Waals surface area contributed by atoms with Gasteiger partial charge < -0.3 is 5.73 Å². The number of aryl methyl sites for hydroxylation is 1. The molecular formula is C11H17ClN2. The Morgan fingerprint density at radius 3 is 2.43 bits per heavy atom. The standard InChI is InChI=1S/C11H17ClN2/c1-7-5-9(12)14-6-8(7)10(13)11(2,3)4/h5-6,10H,13H2,1-4H3/t10-/m1/s1. The Morgan fingerprint density at radius 2 is 2.00 bits per heavy atom. The maximum absolute atomic E-state index is 6.14. The Bertz CT molecular complexity index is 329. The normalized spacial score (nSPS) is 14.1. The Balaban J connectivity index is 3.08. The minimum Gasteiger partial charge on any atom is -0.323 e. The lowest BCUT2D eigenvalue weighted by Crippen LogP contribution is -2.27. The van der Waals surface area contributed by atoms with Gasteiger partial charge in [-0.05, 0) is 29.5 Å². The molecule has 0 fully saturated rings. The van der Waals surface area contributed by atoms with Crippen LogP contribution in [-0.2, 0) is 0 Å². The number of nitrogens with zero attached hydrogens (tertiary/aromatic N) is 1. The molecule has 0 bridgehead atoms. The molecule has 0 unspecified atom stereocenters. The molecule has 1 heterocycles. The summed E-state index contributed by atoms with van der Waals surface area (Å²) in [6.07, 6.45) is 1.77. The summed E-state index contributed by atoms with van der Waals surface area (Å²) in [7, 11) is 0. The van der Waals surface area contributed by atoms with E-state index in [0.29, 0.717) is 5.15 Å². The van der Waals surface area contributed by atoms with Gasteiger partial charge in [0.05, 0.1) is 0 Å². The van der Waals surface area contributed by atoms with Gasteiger partial charge in [0.15, 0.2) is 0 Å². The van der Waals surface area contributed by atoms with Crippen LogP contribution in [0.15, 0.2) is 12.3 Å². The van der Waals surface area contributed by atoms with Gasteiger partial charge >= 0.3 is 0 Å². The number of aromatic nitrogens is 1. The molecule has 0 aliphatic carbocycles. The van der Waals surface area contributed by atoms with E-state index in [0.717, 1.165) is 11.1 Å². The van der Waals surface area contributed by atoms with Gasteiger partial charge in [-0.1, -0.05) is 32.4 Å². The predicted octanol–water partition coefficient (Wildman–Crippen LogP) is 3.09. The maximum Gasteiger partial charge on any atom is 0.129 e. The van der Waals surface area contributed by atoms with E-state index >= 15 is 0 Å². The summed E-state index contributed by atoms with van der Waals surface area (Å²) in [6.45, 7) is 8.36. The first-order valence-corrected chi connectivity index (χ1v) is 5.08. The summed E-state index contributed by atoms with van der Waals surface area (Å²) in [5.41, 5.74) is 8.36. The molecule has 3 heteroatoms. The van der Waals surface area contributed by atoms with Crippen molar-refractivity contribution in [2.75, 3.05) is 0 Å². The van der Waals surface area contributed by atoms with Crippen LogP contribution in [-0.4, -0.2) is 4.98 Å². The van der Waals surface area contributed by atoms with Crippen LogP contribution in [0.5, 0.6) is 0 Å². The van der Waals surface area contributed by atoms with Crippen LogP contribution in [0.25, 0.3) is 0 Å². The van der Waals surface area contributed by atoms with Crippen molar-refractivity contribution >= 4 is 11.6 Å². The van der Waals surface area contributed by atoms with E-state index in [1.165, 1.54) is 0 Å². The highest BCUT2D eigenvalue weighted by Gasteiger charge is 2.23. The zero-order chi connectivity index (χ0) is 10.9. The van der Waals surface area contributed by atoms with Gasteiger partial charge in [-0.25, -0.2) is 4.98 Å². The lowest BCUT2D eigenvalue weighted by atomic mass is 9.82. The fourth-order valence-electron chi connectivity index (χ4n) is 1.32. The van der Waals surface area contributed by atoms with E-state index < -0.39 is 0 Å². The van der Waals surface area contributed by atoms with Crippen molar-refractivity contribution in [3.05, 3.63) is 28.5 Å². The first-order chi connectivity index (χ1) is 6.32. The van der Waals surface area contributed by atoms with E-state index in [-0.39, 0.29) is 11.5 Å². The second-order valence-electron chi connectivity index (χ2n) is 4.71. The second-order valence-corrected chi connectivity index (χ2v) is 5.09. The van der Waals surface area contributed by atoms with Crippen LogP contribution >= 0.6 is 11.6 Å². The van der Waals surface area contributed by atoms with Crippen molar-refractivity contribution in [1.82, 2.24) is 4.98 Å². The van der Waals surface area contributed by atoms with Gasteiger partial charge in [-0.3, -0.25) is 0 Å². The molecule has 0 radical (unpaired) electrons. The van der Waals surface area contributed by atoms with Crippen LogP contribution in [0.2, 0.25) is 5.15 Å². The first kappa shape index (κ1) is 11.5. The largest absolute Gasteiger partial charge is 0.323 e. The molecule has 14 heavy (non-hydrogen) atoms. The molecule has 2 N–H and O–H groups in total. The SMILES string of the molecule is Cc1cc(Cl)ncc1[C@@H](N)C(C)(C)C. The summed E-state index contributed by atoms with van der Waals surface area (Å²) in [5, 5.41) is 0.521. The van der Waals surface area contributed by atoms with Crippen molar-refractivity contribution in [2.24, 2.45) is 11.1 Å². The molecule has 0 spiro atoms. The topological polar surface area (TPSA) is 38.9 Å². The van der Waals surface area contributed by atoms with Crippen molar-refractivity contribution < 1.29 is 0 Å². The van der Waals surface area contributed by atoms with E-state index in [4.69, 9.17) is 17.3 Å². The molecule has 0 saturated heterocycles. The number of hydrogen-bond donors (Lipinski definition) is 1. The Kier molecular flexibility index (Phi) is 3.17. The molecule has 2 nitrogen and oxygen atoms in total. The summed E-state index contributed by atoms with van der Waals surface area (Å²) >= 11 is 5.78. The number of halogens is 1. The highest BCUT2D eigenvalue weighted by Crippen LogP contribution is 2.32. The molecule has 78 valence electrons. The van der Waals surface area contributed by atoms with Gasteiger partial charge in [0.2, 0.25) is 0 Å². The maximum atomic E-state index is 6.14. The van der Waals surface area contributed by atoms with Gasteiger partial charge in [0.25, 0.3) is 0 Å². The summed E-state index contributed by atoms with van der Waals surface area (Å²) in [6, 6.07) is 1.84. The quantitative estimate of drug-likeness (QED) is 0.727. The van der Waals surface area contributed by atoms with Crippen molar-refractivity contribution in [2.45, 2.75) is 33.7 Å². The average molecular weight is 213 g/mol. The highest BCUT2D eigenvalue weighted by atomic mass is 35.5. The van der Waals surface area contributed by atoms with Crippen molar-refractivity contribution in [3.8, 4) is 0 Å². The van der Waals surface area contributed by atoms with Gasteiger partial charge in [-0.15, -0.1) is 0 Å². The predicted molar refractivity (Wildman–Crippen MR) is 60.4 cm³/mol. The second kappa shape index (κ2) is 3.87. The number of rotatable bonds is 1. The molecule has 1 atom stereocenters. The zero-order valence-corrected chi connectivity index (χ0v) is 9.89. The van der Waals surface area contributed by atoms with Crippen molar-refractivity contribution in [1.29, 1.82) is 0 Å². The minimum absolute atomic E-state index is 0.00716. The molecule has 0 saturated carbocycles. The fraction of sp³-hybridized carbons (Fsp3) is 0.545. The molecular weight excluding hydrogens is 196 g/mol. The van der Waals surface area contributed by atoms with E-state index in [1.807, 2.05) is 13.0 Å². The summed E-state index contributed by atoms with van der Waals surface area (Å²) in [4.78, 5) is 4.06. The average Bonchev–Trinajstić information content (AvgIpc) is 2.01. The van der Waals surface area contributed by atoms with Crippen LogP contribution in [0.4, 0.5) is 0 Å². The van der Waals surface area contributed by atoms with Crippen LogP contribution in [0.1, 0.15) is 37.9 Å². The van der Waals surface area contributed by atoms with E-state index in [1.54, 1.807) is 6.20 Å². The molecule has 0 aliphatic heterocycles. The third-order valence-electron chi connectivity index (χ3n) is 2.39. The Morgan fingerprint density at radius 1 is 1.43 bits per heavy atom. The highest BCUT2D eigenvalue weighted by molar-refractivity contribution is 6.29. The van der Waals surface area contributed by atoms with Crippen LogP contribution in [0.3, 0.4) is 0 Å². The van der Waals surface area contributed by atoms with Gasteiger partial charge in [-0.2, -0.15) is 0 Å². The van der Waals surface area contributed by atoms with Crippen LogP contribution < -0.4 is 5.73 Å². The number of hydrogen-bond acceptors (Lipinski definition) is 2. The lowest BCUT2D eigenvalue weighted by Gasteiger charge is -2.28. The number of pyridine rings is 1. The first-order valence-electron chi connectivity index (χ1n) is 4.70. The summed E-state index contributed by atoms with van der Waals surface area (Å²) in [5.74, 6) is 0. The molecule has 1 aromatic rings. The molecule has 0 amide bonds. The van der Waals surface area contributed by atoms with E-state index in [2.05, 4.69) is 25.8 Å². The van der Waals surface area contributed by atoms with Gasteiger partial charge in [0, 0.05) is 12.2 Å². The molecule has 0 aromatic carbocycles. The van der Waals surface area contributed by atoms with Gasteiger partial charge in [0.1, 0.15) is 5.15 Å². The Hall–Kier alpha value is -0.600.